The van der Waals surface area contributed by atoms with Crippen molar-refractivity contribution < 1.29 is 9.59 Å². The van der Waals surface area contributed by atoms with E-state index in [-0.39, 0.29) is 18.2 Å². The van der Waals surface area contributed by atoms with Gasteiger partial charge in [0.05, 0.1) is 0 Å². The van der Waals surface area contributed by atoms with Crippen LogP contribution in [0.2, 0.25) is 0 Å². The first-order chi connectivity index (χ1) is 11.0. The third-order valence-corrected chi connectivity index (χ3v) is 3.61. The van der Waals surface area contributed by atoms with Crippen molar-refractivity contribution in [1.29, 1.82) is 0 Å². The summed E-state index contributed by atoms with van der Waals surface area (Å²) in [5.41, 5.74) is 3.02. The van der Waals surface area contributed by atoms with E-state index in [1.807, 2.05) is 61.5 Å². The standard InChI is InChI=1S/C19H22N2O2/c1-15-8-10-17(11-9-15)14-21(16(2)22)13-12-19(23)20-18-6-4-3-5-7-18/h3-11H,12-14H2,1-2H3,(H,20,23). The van der Waals surface area contributed by atoms with Crippen LogP contribution in [0.3, 0.4) is 0 Å². The van der Waals surface area contributed by atoms with Gasteiger partial charge in [-0.3, -0.25) is 9.59 Å². The van der Waals surface area contributed by atoms with Gasteiger partial charge in [0.2, 0.25) is 11.8 Å². The summed E-state index contributed by atoms with van der Waals surface area (Å²) in [5, 5.41) is 2.83. The van der Waals surface area contributed by atoms with Crippen LogP contribution in [0.25, 0.3) is 0 Å². The molecule has 0 saturated heterocycles. The Labute approximate surface area is 137 Å². The predicted octanol–water partition coefficient (Wildman–Crippen LogP) is 3.37. The molecule has 0 atom stereocenters. The van der Waals surface area contributed by atoms with Crippen molar-refractivity contribution in [3.8, 4) is 0 Å². The molecule has 0 heterocycles. The highest BCUT2D eigenvalue weighted by Gasteiger charge is 2.12. The summed E-state index contributed by atoms with van der Waals surface area (Å²) >= 11 is 0. The molecule has 2 aromatic rings. The first kappa shape index (κ1) is 16.7. The van der Waals surface area contributed by atoms with Crippen molar-refractivity contribution >= 4 is 17.5 Å². The van der Waals surface area contributed by atoms with Gasteiger partial charge in [0.15, 0.2) is 0 Å². The molecule has 23 heavy (non-hydrogen) atoms. The second kappa shape index (κ2) is 8.13. The summed E-state index contributed by atoms with van der Waals surface area (Å²) < 4.78 is 0. The lowest BCUT2D eigenvalue weighted by Crippen LogP contribution is -2.31. The van der Waals surface area contributed by atoms with E-state index >= 15 is 0 Å². The van der Waals surface area contributed by atoms with Crippen LogP contribution in [0.5, 0.6) is 0 Å². The molecule has 0 aliphatic carbocycles. The van der Waals surface area contributed by atoms with Gasteiger partial charge in [-0.15, -0.1) is 0 Å². The summed E-state index contributed by atoms with van der Waals surface area (Å²) in [4.78, 5) is 25.5. The van der Waals surface area contributed by atoms with Gasteiger partial charge in [0.25, 0.3) is 0 Å². The predicted molar refractivity (Wildman–Crippen MR) is 92.0 cm³/mol. The Kier molecular flexibility index (Phi) is 5.92. The van der Waals surface area contributed by atoms with Gasteiger partial charge in [0, 0.05) is 32.1 Å². The molecule has 0 saturated carbocycles. The van der Waals surface area contributed by atoms with E-state index in [0.717, 1.165) is 11.3 Å². The van der Waals surface area contributed by atoms with Crippen LogP contribution in [-0.4, -0.2) is 23.3 Å². The van der Waals surface area contributed by atoms with Crippen LogP contribution in [0, 0.1) is 6.92 Å². The topological polar surface area (TPSA) is 49.4 Å². The van der Waals surface area contributed by atoms with Gasteiger partial charge in [-0.05, 0) is 24.6 Å². The Morgan fingerprint density at radius 1 is 1.00 bits per heavy atom. The molecule has 0 radical (unpaired) electrons. The van der Waals surface area contributed by atoms with E-state index in [1.165, 1.54) is 12.5 Å². The molecule has 0 aromatic heterocycles. The maximum Gasteiger partial charge on any atom is 0.226 e. The maximum atomic E-state index is 12.0. The Morgan fingerprint density at radius 2 is 1.65 bits per heavy atom. The molecule has 1 N–H and O–H groups in total. The first-order valence-corrected chi connectivity index (χ1v) is 7.70. The fraction of sp³-hybridized carbons (Fsp3) is 0.263. The zero-order valence-electron chi connectivity index (χ0n) is 13.6. The molecule has 0 bridgehead atoms. The second-order valence-corrected chi connectivity index (χ2v) is 5.59. The number of para-hydroxylation sites is 1. The Hall–Kier alpha value is -2.62. The molecule has 0 fully saturated rings. The molecule has 120 valence electrons. The number of hydrogen-bond donors (Lipinski definition) is 1. The minimum Gasteiger partial charge on any atom is -0.338 e. The first-order valence-electron chi connectivity index (χ1n) is 7.70. The van der Waals surface area contributed by atoms with Crippen LogP contribution in [0.15, 0.2) is 54.6 Å². The number of anilines is 1. The number of nitrogens with zero attached hydrogens (tertiary/aromatic N) is 1. The maximum absolute atomic E-state index is 12.0. The van der Waals surface area contributed by atoms with Crippen molar-refractivity contribution in [1.82, 2.24) is 4.90 Å². The summed E-state index contributed by atoms with van der Waals surface area (Å²) in [7, 11) is 0. The number of carbonyl (C=O) groups is 2. The van der Waals surface area contributed by atoms with Crippen LogP contribution >= 0.6 is 0 Å². The molecule has 2 amide bonds. The van der Waals surface area contributed by atoms with E-state index in [9.17, 15) is 9.59 Å². The molecule has 0 spiro atoms. The molecular weight excluding hydrogens is 288 g/mol. The van der Waals surface area contributed by atoms with Crippen molar-refractivity contribution in [3.63, 3.8) is 0 Å². The fourth-order valence-electron chi connectivity index (χ4n) is 2.24. The van der Waals surface area contributed by atoms with E-state index in [1.54, 1.807) is 4.90 Å². The fourth-order valence-corrected chi connectivity index (χ4v) is 2.24. The van der Waals surface area contributed by atoms with E-state index in [0.29, 0.717) is 13.1 Å². The Balaban J connectivity index is 1.88. The van der Waals surface area contributed by atoms with Crippen molar-refractivity contribution in [2.45, 2.75) is 26.8 Å². The minimum absolute atomic E-state index is 0.0295. The number of carbonyl (C=O) groups excluding carboxylic acids is 2. The average Bonchev–Trinajstić information content (AvgIpc) is 2.54. The number of amides is 2. The van der Waals surface area contributed by atoms with Crippen LogP contribution in [0.4, 0.5) is 5.69 Å². The molecule has 2 rings (SSSR count). The van der Waals surface area contributed by atoms with Crippen molar-refractivity contribution in [2.24, 2.45) is 0 Å². The Morgan fingerprint density at radius 3 is 2.26 bits per heavy atom. The van der Waals surface area contributed by atoms with Gasteiger partial charge < -0.3 is 10.2 Å². The number of rotatable bonds is 6. The van der Waals surface area contributed by atoms with E-state index in [4.69, 9.17) is 0 Å². The normalized spacial score (nSPS) is 10.2. The van der Waals surface area contributed by atoms with Crippen LogP contribution in [-0.2, 0) is 16.1 Å². The van der Waals surface area contributed by atoms with Crippen LogP contribution in [0.1, 0.15) is 24.5 Å². The molecule has 0 unspecified atom stereocenters. The molecule has 0 aliphatic rings. The third-order valence-electron chi connectivity index (χ3n) is 3.61. The second-order valence-electron chi connectivity index (χ2n) is 5.59. The molecule has 0 aliphatic heterocycles. The van der Waals surface area contributed by atoms with Gasteiger partial charge >= 0.3 is 0 Å². The molecular formula is C19H22N2O2. The van der Waals surface area contributed by atoms with Gasteiger partial charge in [0.1, 0.15) is 0 Å². The highest BCUT2D eigenvalue weighted by atomic mass is 16.2. The highest BCUT2D eigenvalue weighted by Crippen LogP contribution is 2.09. The van der Waals surface area contributed by atoms with E-state index in [2.05, 4.69) is 5.32 Å². The minimum atomic E-state index is -0.0913. The smallest absolute Gasteiger partial charge is 0.226 e. The SMILES string of the molecule is CC(=O)N(CCC(=O)Nc1ccccc1)Cc1ccc(C)cc1. The number of nitrogens with one attached hydrogen (secondary N) is 1. The van der Waals surface area contributed by atoms with Gasteiger partial charge in [-0.2, -0.15) is 0 Å². The van der Waals surface area contributed by atoms with E-state index < -0.39 is 0 Å². The number of hydrogen-bond acceptors (Lipinski definition) is 2. The lowest BCUT2D eigenvalue weighted by Gasteiger charge is -2.21. The van der Waals surface area contributed by atoms with Crippen LogP contribution < -0.4 is 5.32 Å². The molecule has 4 nitrogen and oxygen atoms in total. The Bertz CT molecular complexity index is 651. The molecule has 2 aromatic carbocycles. The van der Waals surface area contributed by atoms with Gasteiger partial charge in [-0.25, -0.2) is 0 Å². The summed E-state index contributed by atoms with van der Waals surface area (Å²) in [6.07, 6.45) is 0.278. The average molecular weight is 310 g/mol. The lowest BCUT2D eigenvalue weighted by molar-refractivity contribution is -0.129. The van der Waals surface area contributed by atoms with Gasteiger partial charge in [-0.1, -0.05) is 48.0 Å². The van der Waals surface area contributed by atoms with Crippen molar-refractivity contribution in [2.75, 3.05) is 11.9 Å². The summed E-state index contributed by atoms with van der Waals surface area (Å²) in [6.45, 7) is 4.49. The zero-order valence-corrected chi connectivity index (χ0v) is 13.6. The van der Waals surface area contributed by atoms with Crippen molar-refractivity contribution in [3.05, 3.63) is 65.7 Å². The molecule has 4 heteroatoms. The summed E-state index contributed by atoms with van der Waals surface area (Å²) in [5.74, 6) is -0.121. The monoisotopic (exact) mass is 310 g/mol. The number of aryl methyl sites for hydroxylation is 1. The highest BCUT2D eigenvalue weighted by molar-refractivity contribution is 5.91. The zero-order chi connectivity index (χ0) is 16.7. The number of benzene rings is 2. The quantitative estimate of drug-likeness (QED) is 0.889. The lowest BCUT2D eigenvalue weighted by atomic mass is 10.1. The third kappa shape index (κ3) is 5.58. The largest absolute Gasteiger partial charge is 0.338 e. The summed E-state index contributed by atoms with van der Waals surface area (Å²) in [6, 6.07) is 17.4.